The number of rotatable bonds is 8. The zero-order valence-corrected chi connectivity index (χ0v) is 12.8. The molecule has 0 aliphatic rings. The third kappa shape index (κ3) is 5.47. The fourth-order valence-corrected chi connectivity index (χ4v) is 2.39. The van der Waals surface area contributed by atoms with E-state index >= 15 is 0 Å². The van der Waals surface area contributed by atoms with Gasteiger partial charge in [-0.05, 0) is 63.3 Å². The second-order valence-electron chi connectivity index (χ2n) is 4.74. The average Bonchev–Trinajstić information content (AvgIpc) is 2.42. The molecule has 0 aliphatic heterocycles. The first-order valence-electron chi connectivity index (χ1n) is 6.94. The monoisotopic (exact) mass is 286 g/mol. The maximum atomic E-state index is 13.7. The molecule has 2 nitrogen and oxygen atoms in total. The van der Waals surface area contributed by atoms with E-state index in [4.69, 9.17) is 11.6 Å². The Balaban J connectivity index is 2.58. The summed E-state index contributed by atoms with van der Waals surface area (Å²) >= 11 is 5.92. The van der Waals surface area contributed by atoms with Crippen molar-refractivity contribution in [1.29, 1.82) is 0 Å². The number of hydrogen-bond donors (Lipinski definition) is 1. The van der Waals surface area contributed by atoms with Crippen LogP contribution >= 0.6 is 11.6 Å². The fraction of sp³-hybridized carbons (Fsp3) is 0.600. The van der Waals surface area contributed by atoms with Crippen LogP contribution in [0.15, 0.2) is 18.2 Å². The molecule has 1 N–H and O–H groups in total. The highest BCUT2D eigenvalue weighted by Gasteiger charge is 2.12. The summed E-state index contributed by atoms with van der Waals surface area (Å²) in [5, 5.41) is 3.86. The lowest BCUT2D eigenvalue weighted by Gasteiger charge is -2.22. The van der Waals surface area contributed by atoms with Crippen molar-refractivity contribution in [1.82, 2.24) is 10.2 Å². The summed E-state index contributed by atoms with van der Waals surface area (Å²) in [6.45, 7) is 7.46. The van der Waals surface area contributed by atoms with Gasteiger partial charge in [0.1, 0.15) is 5.82 Å². The summed E-state index contributed by atoms with van der Waals surface area (Å²) in [6.07, 6.45) is 1.67. The van der Waals surface area contributed by atoms with Crippen LogP contribution in [0.1, 0.15) is 25.8 Å². The first-order valence-corrected chi connectivity index (χ1v) is 7.32. The van der Waals surface area contributed by atoms with Crippen LogP contribution in [-0.2, 0) is 6.42 Å². The number of likely N-dealkylation sites (N-methyl/N-ethyl adjacent to an activating group) is 1. The molecule has 0 fully saturated rings. The summed E-state index contributed by atoms with van der Waals surface area (Å²) in [6, 6.07) is 5.02. The fourth-order valence-electron chi connectivity index (χ4n) is 2.19. The highest BCUT2D eigenvalue weighted by molar-refractivity contribution is 6.30. The first-order chi connectivity index (χ1) is 9.10. The topological polar surface area (TPSA) is 15.3 Å². The lowest BCUT2D eigenvalue weighted by molar-refractivity contribution is 0.283. The van der Waals surface area contributed by atoms with Gasteiger partial charge in [-0.25, -0.2) is 4.39 Å². The smallest absolute Gasteiger partial charge is 0.126 e. The molecule has 0 bridgehead atoms. The molecule has 0 spiro atoms. The van der Waals surface area contributed by atoms with Gasteiger partial charge >= 0.3 is 0 Å². The summed E-state index contributed by atoms with van der Waals surface area (Å²) in [4.78, 5) is 2.37. The Morgan fingerprint density at radius 3 is 2.58 bits per heavy atom. The van der Waals surface area contributed by atoms with Crippen molar-refractivity contribution in [3.8, 4) is 0 Å². The number of nitrogens with one attached hydrogen (secondary N) is 1. The van der Waals surface area contributed by atoms with E-state index in [1.807, 2.05) is 7.05 Å². The standard InChI is InChI=1S/C15H24ClFN2/c1-4-19(5-2)9-8-14(18-3)11-12-10-13(16)6-7-15(12)17/h6-7,10,14,18H,4-5,8-9,11H2,1-3H3. The van der Waals surface area contributed by atoms with Gasteiger partial charge in [0.05, 0.1) is 0 Å². The maximum absolute atomic E-state index is 13.7. The Hall–Kier alpha value is -0.640. The van der Waals surface area contributed by atoms with Gasteiger partial charge in [0.25, 0.3) is 0 Å². The van der Waals surface area contributed by atoms with Crippen LogP contribution in [0.3, 0.4) is 0 Å². The minimum absolute atomic E-state index is 0.174. The van der Waals surface area contributed by atoms with Crippen molar-refractivity contribution in [3.63, 3.8) is 0 Å². The highest BCUT2D eigenvalue weighted by atomic mass is 35.5. The number of halogens is 2. The normalized spacial score (nSPS) is 12.9. The second-order valence-corrected chi connectivity index (χ2v) is 5.18. The van der Waals surface area contributed by atoms with Crippen LogP contribution in [0.5, 0.6) is 0 Å². The second kappa shape index (κ2) is 8.51. The van der Waals surface area contributed by atoms with E-state index < -0.39 is 0 Å². The SMILES string of the molecule is CCN(CC)CCC(Cc1cc(Cl)ccc1F)NC. The number of hydrogen-bond acceptors (Lipinski definition) is 2. The molecular weight excluding hydrogens is 263 g/mol. The molecule has 108 valence electrons. The van der Waals surface area contributed by atoms with E-state index in [0.717, 1.165) is 26.1 Å². The Bertz CT molecular complexity index is 380. The number of nitrogens with zero attached hydrogens (tertiary/aromatic N) is 1. The Morgan fingerprint density at radius 2 is 2.00 bits per heavy atom. The molecule has 1 rings (SSSR count). The zero-order chi connectivity index (χ0) is 14.3. The van der Waals surface area contributed by atoms with Crippen molar-refractivity contribution in [2.24, 2.45) is 0 Å². The first kappa shape index (κ1) is 16.4. The van der Waals surface area contributed by atoms with E-state index in [-0.39, 0.29) is 11.9 Å². The van der Waals surface area contributed by atoms with Crippen LogP contribution in [-0.4, -0.2) is 37.6 Å². The molecule has 0 saturated heterocycles. The van der Waals surface area contributed by atoms with Gasteiger partial charge in [-0.1, -0.05) is 25.4 Å². The number of benzene rings is 1. The van der Waals surface area contributed by atoms with Crippen LogP contribution in [0.25, 0.3) is 0 Å². The molecule has 0 heterocycles. The Labute approximate surface area is 120 Å². The summed E-state index contributed by atoms with van der Waals surface area (Å²) in [5.74, 6) is -0.174. The minimum Gasteiger partial charge on any atom is -0.317 e. The predicted octanol–water partition coefficient (Wildman–Crippen LogP) is 3.34. The van der Waals surface area contributed by atoms with Gasteiger partial charge < -0.3 is 10.2 Å². The van der Waals surface area contributed by atoms with Crippen LogP contribution in [0.2, 0.25) is 5.02 Å². The van der Waals surface area contributed by atoms with Gasteiger partial charge in [-0.2, -0.15) is 0 Å². The molecular formula is C15H24ClFN2. The predicted molar refractivity (Wildman–Crippen MR) is 80.4 cm³/mol. The summed E-state index contributed by atoms with van der Waals surface area (Å²) < 4.78 is 13.7. The van der Waals surface area contributed by atoms with Crippen molar-refractivity contribution in [2.75, 3.05) is 26.7 Å². The van der Waals surface area contributed by atoms with E-state index in [1.54, 1.807) is 12.1 Å². The zero-order valence-electron chi connectivity index (χ0n) is 12.0. The third-order valence-electron chi connectivity index (χ3n) is 3.57. The van der Waals surface area contributed by atoms with Gasteiger partial charge in [-0.15, -0.1) is 0 Å². The molecule has 1 atom stereocenters. The van der Waals surface area contributed by atoms with Crippen LogP contribution in [0.4, 0.5) is 4.39 Å². The molecule has 1 aromatic carbocycles. The molecule has 1 aromatic rings. The van der Waals surface area contributed by atoms with E-state index in [9.17, 15) is 4.39 Å². The lowest BCUT2D eigenvalue weighted by atomic mass is 10.0. The van der Waals surface area contributed by atoms with Gasteiger partial charge in [0.2, 0.25) is 0 Å². The Morgan fingerprint density at radius 1 is 1.32 bits per heavy atom. The molecule has 19 heavy (non-hydrogen) atoms. The quantitative estimate of drug-likeness (QED) is 0.788. The highest BCUT2D eigenvalue weighted by Crippen LogP contribution is 2.17. The van der Waals surface area contributed by atoms with Crippen molar-refractivity contribution in [3.05, 3.63) is 34.6 Å². The molecule has 4 heteroatoms. The van der Waals surface area contributed by atoms with Crippen molar-refractivity contribution >= 4 is 11.6 Å². The molecule has 1 unspecified atom stereocenters. The van der Waals surface area contributed by atoms with E-state index in [2.05, 4.69) is 24.1 Å². The largest absolute Gasteiger partial charge is 0.317 e. The van der Waals surface area contributed by atoms with Crippen molar-refractivity contribution < 1.29 is 4.39 Å². The van der Waals surface area contributed by atoms with E-state index in [1.165, 1.54) is 6.07 Å². The van der Waals surface area contributed by atoms with Gasteiger partial charge in [0, 0.05) is 11.1 Å². The average molecular weight is 287 g/mol. The molecule has 0 amide bonds. The Kier molecular flexibility index (Phi) is 7.36. The maximum Gasteiger partial charge on any atom is 0.126 e. The van der Waals surface area contributed by atoms with Gasteiger partial charge in [0.15, 0.2) is 0 Å². The molecule has 0 aromatic heterocycles. The van der Waals surface area contributed by atoms with E-state index in [0.29, 0.717) is 17.0 Å². The summed E-state index contributed by atoms with van der Waals surface area (Å²) in [5.41, 5.74) is 0.686. The molecule has 0 saturated carbocycles. The molecule has 0 radical (unpaired) electrons. The third-order valence-corrected chi connectivity index (χ3v) is 3.81. The summed E-state index contributed by atoms with van der Waals surface area (Å²) in [7, 11) is 1.93. The molecule has 0 aliphatic carbocycles. The van der Waals surface area contributed by atoms with Crippen LogP contribution < -0.4 is 5.32 Å². The van der Waals surface area contributed by atoms with Gasteiger partial charge in [-0.3, -0.25) is 0 Å². The minimum atomic E-state index is -0.174. The van der Waals surface area contributed by atoms with Crippen molar-refractivity contribution in [2.45, 2.75) is 32.7 Å². The lowest BCUT2D eigenvalue weighted by Crippen LogP contribution is -2.34. The van der Waals surface area contributed by atoms with Crippen LogP contribution in [0, 0.1) is 5.82 Å².